The molecule has 3 aliphatic heterocycles. The first-order chi connectivity index (χ1) is 14.2. The molecule has 152 valence electrons. The lowest BCUT2D eigenvalue weighted by Gasteiger charge is -2.31. The van der Waals surface area contributed by atoms with Crippen molar-refractivity contribution < 1.29 is 4.79 Å². The number of hydrogen-bond acceptors (Lipinski definition) is 7. The number of nitrogens with zero attached hydrogens (tertiary/aromatic N) is 5. The fourth-order valence-corrected chi connectivity index (χ4v) is 4.47. The standard InChI is InChI=1S/C21H27N7O/c22-19-18-20(25-21(24-19)27-10-3-4-11-27)28(14-17(29)23-18)13-15-6-5-7-16(12-15)26-8-1-2-9-26/h5-7,12H,1-4,8-11,13-14H2,(H,23,29)(H2,22,24,25). The second-order valence-corrected chi connectivity index (χ2v) is 8.07. The van der Waals surface area contributed by atoms with Crippen molar-refractivity contribution in [3.05, 3.63) is 29.8 Å². The molecule has 4 heterocycles. The predicted molar refractivity (Wildman–Crippen MR) is 115 cm³/mol. The van der Waals surface area contributed by atoms with Gasteiger partial charge in [0.25, 0.3) is 0 Å². The second-order valence-electron chi connectivity index (χ2n) is 8.07. The number of anilines is 5. The molecule has 0 radical (unpaired) electrons. The van der Waals surface area contributed by atoms with Crippen LogP contribution < -0.4 is 25.8 Å². The molecule has 0 saturated carbocycles. The number of nitrogens with one attached hydrogen (secondary N) is 1. The number of hydrogen-bond donors (Lipinski definition) is 2. The van der Waals surface area contributed by atoms with Crippen molar-refractivity contribution in [2.24, 2.45) is 0 Å². The molecule has 8 nitrogen and oxygen atoms in total. The van der Waals surface area contributed by atoms with E-state index in [4.69, 9.17) is 10.7 Å². The van der Waals surface area contributed by atoms with Gasteiger partial charge in [-0.25, -0.2) is 0 Å². The third-order valence-corrected chi connectivity index (χ3v) is 5.95. The van der Waals surface area contributed by atoms with Gasteiger partial charge in [-0.15, -0.1) is 0 Å². The van der Waals surface area contributed by atoms with E-state index in [1.165, 1.54) is 18.5 Å². The third kappa shape index (κ3) is 3.54. The molecule has 5 rings (SSSR count). The summed E-state index contributed by atoms with van der Waals surface area (Å²) in [5, 5.41) is 2.86. The van der Waals surface area contributed by atoms with Crippen LogP contribution in [0.4, 0.5) is 29.0 Å². The number of aromatic nitrogens is 2. The van der Waals surface area contributed by atoms with Crippen LogP contribution in [-0.2, 0) is 11.3 Å². The maximum atomic E-state index is 12.3. The normalized spacial score (nSPS) is 18.9. The van der Waals surface area contributed by atoms with Gasteiger partial charge in [-0.05, 0) is 43.4 Å². The molecule has 2 fully saturated rings. The highest BCUT2D eigenvalue weighted by molar-refractivity contribution is 6.03. The monoisotopic (exact) mass is 393 g/mol. The molecule has 0 unspecified atom stereocenters. The summed E-state index contributed by atoms with van der Waals surface area (Å²) in [6.45, 7) is 4.99. The number of nitrogens with two attached hydrogens (primary N) is 1. The number of carbonyl (C=O) groups excluding carboxylic acids is 1. The first-order valence-electron chi connectivity index (χ1n) is 10.5. The molecule has 0 aliphatic carbocycles. The van der Waals surface area contributed by atoms with Crippen molar-refractivity contribution in [3.8, 4) is 0 Å². The van der Waals surface area contributed by atoms with Crippen LogP contribution in [0.2, 0.25) is 0 Å². The van der Waals surface area contributed by atoms with Crippen LogP contribution in [0.3, 0.4) is 0 Å². The van der Waals surface area contributed by atoms with Gasteiger partial charge >= 0.3 is 0 Å². The number of carbonyl (C=O) groups is 1. The minimum Gasteiger partial charge on any atom is -0.382 e. The molecule has 2 aromatic rings. The molecule has 1 amide bonds. The molecule has 0 bridgehead atoms. The topological polar surface area (TPSA) is 90.6 Å². The van der Waals surface area contributed by atoms with Crippen LogP contribution in [0.1, 0.15) is 31.2 Å². The van der Waals surface area contributed by atoms with E-state index in [-0.39, 0.29) is 12.5 Å². The van der Waals surface area contributed by atoms with Crippen molar-refractivity contribution in [3.63, 3.8) is 0 Å². The Kier molecular flexibility index (Phi) is 4.61. The van der Waals surface area contributed by atoms with Gasteiger partial charge in [-0.3, -0.25) is 4.79 Å². The number of nitrogen functional groups attached to an aromatic ring is 1. The van der Waals surface area contributed by atoms with E-state index >= 15 is 0 Å². The van der Waals surface area contributed by atoms with Gasteiger partial charge in [0.1, 0.15) is 5.69 Å². The Morgan fingerprint density at radius 3 is 2.48 bits per heavy atom. The number of fused-ring (bicyclic) bond motifs is 1. The summed E-state index contributed by atoms with van der Waals surface area (Å²) >= 11 is 0. The summed E-state index contributed by atoms with van der Waals surface area (Å²) < 4.78 is 0. The van der Waals surface area contributed by atoms with E-state index < -0.39 is 0 Å². The van der Waals surface area contributed by atoms with Gasteiger partial charge < -0.3 is 25.8 Å². The molecule has 0 spiro atoms. The lowest BCUT2D eigenvalue weighted by molar-refractivity contribution is -0.115. The first-order valence-corrected chi connectivity index (χ1v) is 10.5. The van der Waals surface area contributed by atoms with Crippen molar-refractivity contribution in [1.82, 2.24) is 9.97 Å². The van der Waals surface area contributed by atoms with E-state index in [2.05, 4.69) is 44.4 Å². The number of amides is 1. The Labute approximate surface area is 170 Å². The van der Waals surface area contributed by atoms with Crippen molar-refractivity contribution in [1.29, 1.82) is 0 Å². The third-order valence-electron chi connectivity index (χ3n) is 5.95. The lowest BCUT2D eigenvalue weighted by Crippen LogP contribution is -2.39. The second kappa shape index (κ2) is 7.42. The molecule has 3 aliphatic rings. The maximum absolute atomic E-state index is 12.3. The van der Waals surface area contributed by atoms with Crippen LogP contribution in [0.25, 0.3) is 0 Å². The van der Waals surface area contributed by atoms with Gasteiger partial charge in [0.2, 0.25) is 11.9 Å². The summed E-state index contributed by atoms with van der Waals surface area (Å²) in [4.78, 5) is 28.2. The quantitative estimate of drug-likeness (QED) is 0.823. The van der Waals surface area contributed by atoms with E-state index in [0.717, 1.165) is 44.6 Å². The van der Waals surface area contributed by atoms with Gasteiger partial charge in [-0.2, -0.15) is 9.97 Å². The van der Waals surface area contributed by atoms with E-state index in [0.29, 0.717) is 29.8 Å². The Morgan fingerprint density at radius 1 is 1.00 bits per heavy atom. The Bertz CT molecular complexity index is 919. The van der Waals surface area contributed by atoms with Crippen molar-refractivity contribution in [2.75, 3.05) is 58.5 Å². The van der Waals surface area contributed by atoms with E-state index in [9.17, 15) is 4.79 Å². The molecule has 3 N–H and O–H groups in total. The van der Waals surface area contributed by atoms with E-state index in [1.807, 2.05) is 4.90 Å². The van der Waals surface area contributed by atoms with Crippen LogP contribution in [0.5, 0.6) is 0 Å². The SMILES string of the molecule is Nc1nc(N2CCCC2)nc2c1NC(=O)CN2Cc1cccc(N2CCCC2)c1. The minimum absolute atomic E-state index is 0.0857. The van der Waals surface area contributed by atoms with Crippen LogP contribution in [0, 0.1) is 0 Å². The predicted octanol–water partition coefficient (Wildman–Crippen LogP) is 2.22. The highest BCUT2D eigenvalue weighted by atomic mass is 16.2. The summed E-state index contributed by atoms with van der Waals surface area (Å²) in [6, 6.07) is 8.59. The molecular formula is C21H27N7O. The molecule has 2 saturated heterocycles. The number of benzene rings is 1. The Balaban J connectivity index is 1.45. The summed E-state index contributed by atoms with van der Waals surface area (Å²) in [7, 11) is 0. The van der Waals surface area contributed by atoms with Crippen molar-refractivity contribution >= 4 is 34.9 Å². The zero-order valence-corrected chi connectivity index (χ0v) is 16.6. The summed E-state index contributed by atoms with van der Waals surface area (Å²) in [6.07, 6.45) is 4.78. The summed E-state index contributed by atoms with van der Waals surface area (Å²) in [5.74, 6) is 1.62. The van der Waals surface area contributed by atoms with Crippen LogP contribution >= 0.6 is 0 Å². The fraction of sp³-hybridized carbons (Fsp3) is 0.476. The van der Waals surface area contributed by atoms with Gasteiger partial charge in [0.15, 0.2) is 11.6 Å². The zero-order chi connectivity index (χ0) is 19.8. The highest BCUT2D eigenvalue weighted by Gasteiger charge is 2.29. The fourth-order valence-electron chi connectivity index (χ4n) is 4.47. The van der Waals surface area contributed by atoms with Gasteiger partial charge in [0.05, 0.1) is 6.54 Å². The molecule has 1 aromatic carbocycles. The maximum Gasteiger partial charge on any atom is 0.244 e. The average molecular weight is 393 g/mol. The first kappa shape index (κ1) is 18.0. The van der Waals surface area contributed by atoms with E-state index in [1.54, 1.807) is 0 Å². The Hall–Kier alpha value is -3.03. The largest absolute Gasteiger partial charge is 0.382 e. The smallest absolute Gasteiger partial charge is 0.244 e. The van der Waals surface area contributed by atoms with Crippen LogP contribution in [0.15, 0.2) is 24.3 Å². The van der Waals surface area contributed by atoms with Gasteiger partial charge in [-0.1, -0.05) is 12.1 Å². The van der Waals surface area contributed by atoms with Gasteiger partial charge in [0, 0.05) is 38.4 Å². The van der Waals surface area contributed by atoms with Crippen molar-refractivity contribution in [2.45, 2.75) is 32.2 Å². The lowest BCUT2D eigenvalue weighted by atomic mass is 10.1. The molecule has 8 heteroatoms. The minimum atomic E-state index is -0.0857. The Morgan fingerprint density at radius 2 is 1.72 bits per heavy atom. The molecule has 0 atom stereocenters. The number of rotatable bonds is 4. The zero-order valence-electron chi connectivity index (χ0n) is 16.6. The molecule has 29 heavy (non-hydrogen) atoms. The molecule has 1 aromatic heterocycles. The average Bonchev–Trinajstić information content (AvgIpc) is 3.43. The highest BCUT2D eigenvalue weighted by Crippen LogP contribution is 2.35. The summed E-state index contributed by atoms with van der Waals surface area (Å²) in [5.41, 5.74) is 9.15. The molecular weight excluding hydrogens is 366 g/mol. The van der Waals surface area contributed by atoms with Crippen LogP contribution in [-0.4, -0.2) is 48.6 Å².